The van der Waals surface area contributed by atoms with E-state index < -0.39 is 0 Å². The molecule has 1 atom stereocenters. The molecule has 1 heterocycles. The Hall–Kier alpha value is -1.26. The van der Waals surface area contributed by atoms with Crippen molar-refractivity contribution < 1.29 is 9.47 Å². The smallest absolute Gasteiger partial charge is 0.127 e. The van der Waals surface area contributed by atoms with E-state index in [9.17, 15) is 0 Å². The molecule has 0 aromatic heterocycles. The maximum absolute atomic E-state index is 5.46. The van der Waals surface area contributed by atoms with Gasteiger partial charge in [0.15, 0.2) is 0 Å². The SMILES string of the molecule is COc1ccc(C2(C)CNCCN2)c(OC)c1. The second kappa shape index (κ2) is 4.94. The number of piperazine rings is 1. The summed E-state index contributed by atoms with van der Waals surface area (Å²) in [6.07, 6.45) is 0. The van der Waals surface area contributed by atoms with Crippen molar-refractivity contribution in [2.45, 2.75) is 12.5 Å². The van der Waals surface area contributed by atoms with E-state index in [1.807, 2.05) is 12.1 Å². The van der Waals surface area contributed by atoms with Crippen LogP contribution in [0.15, 0.2) is 18.2 Å². The highest BCUT2D eigenvalue weighted by Gasteiger charge is 2.31. The Morgan fingerprint density at radius 2 is 2.00 bits per heavy atom. The van der Waals surface area contributed by atoms with Gasteiger partial charge in [0.25, 0.3) is 0 Å². The quantitative estimate of drug-likeness (QED) is 0.825. The minimum atomic E-state index is -0.0874. The molecule has 0 aliphatic carbocycles. The minimum Gasteiger partial charge on any atom is -0.497 e. The monoisotopic (exact) mass is 236 g/mol. The molecule has 2 rings (SSSR count). The number of ether oxygens (including phenoxy) is 2. The third kappa shape index (κ3) is 2.37. The van der Waals surface area contributed by atoms with Crippen molar-refractivity contribution in [3.63, 3.8) is 0 Å². The summed E-state index contributed by atoms with van der Waals surface area (Å²) in [5.74, 6) is 1.68. The third-order valence-electron chi connectivity index (χ3n) is 3.30. The average molecular weight is 236 g/mol. The molecular formula is C13H20N2O2. The van der Waals surface area contributed by atoms with Crippen molar-refractivity contribution in [3.8, 4) is 11.5 Å². The second-order valence-corrected chi connectivity index (χ2v) is 4.50. The number of hydrogen-bond acceptors (Lipinski definition) is 4. The fraction of sp³-hybridized carbons (Fsp3) is 0.538. The largest absolute Gasteiger partial charge is 0.497 e. The van der Waals surface area contributed by atoms with E-state index in [0.717, 1.165) is 36.7 Å². The molecule has 0 amide bonds. The molecule has 1 aliphatic rings. The molecule has 1 saturated heterocycles. The molecule has 4 nitrogen and oxygen atoms in total. The van der Waals surface area contributed by atoms with Crippen LogP contribution < -0.4 is 20.1 Å². The minimum absolute atomic E-state index is 0.0874. The first-order valence-electron chi connectivity index (χ1n) is 5.88. The average Bonchev–Trinajstić information content (AvgIpc) is 2.38. The van der Waals surface area contributed by atoms with Crippen molar-refractivity contribution in [1.82, 2.24) is 10.6 Å². The fourth-order valence-corrected chi connectivity index (χ4v) is 2.27. The Bertz CT molecular complexity index is 387. The van der Waals surface area contributed by atoms with Crippen LogP contribution in [0.2, 0.25) is 0 Å². The highest BCUT2D eigenvalue weighted by Crippen LogP contribution is 2.33. The van der Waals surface area contributed by atoms with Gasteiger partial charge in [-0.05, 0) is 19.1 Å². The lowest BCUT2D eigenvalue weighted by molar-refractivity contribution is 0.288. The molecular weight excluding hydrogens is 216 g/mol. The van der Waals surface area contributed by atoms with E-state index in [1.54, 1.807) is 14.2 Å². The van der Waals surface area contributed by atoms with Gasteiger partial charge >= 0.3 is 0 Å². The molecule has 17 heavy (non-hydrogen) atoms. The lowest BCUT2D eigenvalue weighted by atomic mass is 9.89. The first-order chi connectivity index (χ1) is 8.19. The Morgan fingerprint density at radius 1 is 1.18 bits per heavy atom. The van der Waals surface area contributed by atoms with E-state index in [2.05, 4.69) is 23.6 Å². The number of nitrogens with one attached hydrogen (secondary N) is 2. The maximum atomic E-state index is 5.46. The molecule has 1 aromatic carbocycles. The van der Waals surface area contributed by atoms with Crippen molar-refractivity contribution in [2.75, 3.05) is 33.9 Å². The summed E-state index contributed by atoms with van der Waals surface area (Å²) in [5, 5.41) is 6.95. The first kappa shape index (κ1) is 12.2. The van der Waals surface area contributed by atoms with Gasteiger partial charge in [0.05, 0.1) is 19.8 Å². The molecule has 1 aromatic rings. The van der Waals surface area contributed by atoms with Crippen LogP contribution in [0.25, 0.3) is 0 Å². The summed E-state index contributed by atoms with van der Waals surface area (Å²) in [4.78, 5) is 0. The van der Waals surface area contributed by atoms with Gasteiger partial charge in [-0.2, -0.15) is 0 Å². The molecule has 1 unspecified atom stereocenters. The molecule has 1 aliphatic heterocycles. The number of benzene rings is 1. The van der Waals surface area contributed by atoms with Crippen molar-refractivity contribution in [1.29, 1.82) is 0 Å². The summed E-state index contributed by atoms with van der Waals surface area (Å²) >= 11 is 0. The zero-order chi connectivity index (χ0) is 12.3. The zero-order valence-electron chi connectivity index (χ0n) is 10.7. The van der Waals surface area contributed by atoms with Crippen LogP contribution in [-0.2, 0) is 5.54 Å². The van der Waals surface area contributed by atoms with Gasteiger partial charge in [0.2, 0.25) is 0 Å². The van der Waals surface area contributed by atoms with Crippen molar-refractivity contribution >= 4 is 0 Å². The summed E-state index contributed by atoms with van der Waals surface area (Å²) in [5.41, 5.74) is 1.07. The molecule has 0 spiro atoms. The predicted molar refractivity (Wildman–Crippen MR) is 67.8 cm³/mol. The normalized spacial score (nSPS) is 24.4. The predicted octanol–water partition coefficient (Wildman–Crippen LogP) is 1.11. The molecule has 0 saturated carbocycles. The molecule has 0 bridgehead atoms. The van der Waals surface area contributed by atoms with E-state index in [1.165, 1.54) is 0 Å². The highest BCUT2D eigenvalue weighted by atomic mass is 16.5. The van der Waals surface area contributed by atoms with E-state index in [4.69, 9.17) is 9.47 Å². The molecule has 2 N–H and O–H groups in total. The van der Waals surface area contributed by atoms with Gasteiger partial charge in [-0.3, -0.25) is 0 Å². The van der Waals surface area contributed by atoms with E-state index in [0.29, 0.717) is 0 Å². The van der Waals surface area contributed by atoms with Crippen LogP contribution in [0.4, 0.5) is 0 Å². The Morgan fingerprint density at radius 3 is 2.59 bits per heavy atom. The molecule has 4 heteroatoms. The van der Waals surface area contributed by atoms with Crippen LogP contribution >= 0.6 is 0 Å². The second-order valence-electron chi connectivity index (χ2n) is 4.50. The van der Waals surface area contributed by atoms with Gasteiger partial charge in [0.1, 0.15) is 11.5 Å². The number of hydrogen-bond donors (Lipinski definition) is 2. The van der Waals surface area contributed by atoms with Gasteiger partial charge in [-0.25, -0.2) is 0 Å². The van der Waals surface area contributed by atoms with E-state index >= 15 is 0 Å². The zero-order valence-corrected chi connectivity index (χ0v) is 10.7. The Kier molecular flexibility index (Phi) is 3.54. The topological polar surface area (TPSA) is 42.5 Å². The van der Waals surface area contributed by atoms with Crippen molar-refractivity contribution in [3.05, 3.63) is 23.8 Å². The van der Waals surface area contributed by atoms with Crippen LogP contribution in [0.5, 0.6) is 11.5 Å². The van der Waals surface area contributed by atoms with Gasteiger partial charge < -0.3 is 20.1 Å². The van der Waals surface area contributed by atoms with Crippen LogP contribution in [0, 0.1) is 0 Å². The maximum Gasteiger partial charge on any atom is 0.127 e. The summed E-state index contributed by atoms with van der Waals surface area (Å²) in [6.45, 7) is 5.05. The van der Waals surface area contributed by atoms with Crippen LogP contribution in [0.1, 0.15) is 12.5 Å². The summed E-state index contributed by atoms with van der Waals surface area (Å²) in [7, 11) is 3.36. The Labute approximate surface area is 102 Å². The first-order valence-corrected chi connectivity index (χ1v) is 5.88. The van der Waals surface area contributed by atoms with Gasteiger partial charge in [-0.1, -0.05) is 0 Å². The highest BCUT2D eigenvalue weighted by molar-refractivity contribution is 5.45. The lowest BCUT2D eigenvalue weighted by Gasteiger charge is -2.36. The molecule has 94 valence electrons. The van der Waals surface area contributed by atoms with Crippen LogP contribution in [0.3, 0.4) is 0 Å². The lowest BCUT2D eigenvalue weighted by Crippen LogP contribution is -2.55. The summed E-state index contributed by atoms with van der Waals surface area (Å²) in [6, 6.07) is 5.97. The van der Waals surface area contributed by atoms with Crippen LogP contribution in [-0.4, -0.2) is 33.9 Å². The molecule has 0 radical (unpaired) electrons. The summed E-state index contributed by atoms with van der Waals surface area (Å²) < 4.78 is 10.7. The van der Waals surface area contributed by atoms with Crippen molar-refractivity contribution in [2.24, 2.45) is 0 Å². The molecule has 1 fully saturated rings. The third-order valence-corrected chi connectivity index (χ3v) is 3.30. The fourth-order valence-electron chi connectivity index (χ4n) is 2.27. The van der Waals surface area contributed by atoms with Gasteiger partial charge in [-0.15, -0.1) is 0 Å². The van der Waals surface area contributed by atoms with Gasteiger partial charge in [0, 0.05) is 31.3 Å². The Balaban J connectivity index is 2.36. The van der Waals surface area contributed by atoms with E-state index in [-0.39, 0.29) is 5.54 Å². The standard InChI is InChI=1S/C13H20N2O2/c1-13(9-14-6-7-15-13)11-5-4-10(16-2)8-12(11)17-3/h4-5,8,14-15H,6-7,9H2,1-3H3. The number of methoxy groups -OCH3 is 2. The number of rotatable bonds is 3.